The Morgan fingerprint density at radius 1 is 1.55 bits per heavy atom. The van der Waals surface area contributed by atoms with Crippen molar-refractivity contribution >= 4 is 21.6 Å². The number of nitrogens with one attached hydrogen (secondary N) is 1. The zero-order valence-corrected chi connectivity index (χ0v) is 13.0. The van der Waals surface area contributed by atoms with E-state index in [0.717, 1.165) is 19.5 Å². The van der Waals surface area contributed by atoms with Gasteiger partial charge in [-0.1, -0.05) is 11.6 Å². The van der Waals surface area contributed by atoms with Crippen LogP contribution < -0.4 is 5.56 Å². The Balaban J connectivity index is 2.16. The maximum Gasteiger partial charge on any atom is 0.266 e. The minimum absolute atomic E-state index is 0.0101. The van der Waals surface area contributed by atoms with Crippen LogP contribution in [-0.4, -0.2) is 56.3 Å². The molecule has 0 saturated carbocycles. The van der Waals surface area contributed by atoms with Crippen molar-refractivity contribution in [3.8, 4) is 0 Å². The fourth-order valence-electron chi connectivity index (χ4n) is 2.40. The fourth-order valence-corrected chi connectivity index (χ4v) is 3.88. The molecule has 0 bridgehead atoms. The van der Waals surface area contributed by atoms with E-state index in [1.54, 1.807) is 7.05 Å². The lowest BCUT2D eigenvalue weighted by atomic mass is 10.1. The Morgan fingerprint density at radius 2 is 2.25 bits per heavy atom. The summed E-state index contributed by atoms with van der Waals surface area (Å²) < 4.78 is 26.1. The molecule has 1 aromatic heterocycles. The molecule has 1 saturated heterocycles. The summed E-state index contributed by atoms with van der Waals surface area (Å²) in [7, 11) is -0.0507. The van der Waals surface area contributed by atoms with Crippen molar-refractivity contribution < 1.29 is 8.42 Å². The molecule has 0 aromatic carbocycles. The third kappa shape index (κ3) is 3.22. The van der Waals surface area contributed by atoms with Crippen LogP contribution in [0.1, 0.15) is 6.42 Å². The molecule has 0 radical (unpaired) electrons. The maximum absolute atomic E-state index is 12.4. The first-order valence-electron chi connectivity index (χ1n) is 6.34. The van der Waals surface area contributed by atoms with Gasteiger partial charge in [-0.15, -0.1) is 0 Å². The van der Waals surface area contributed by atoms with E-state index in [-0.39, 0.29) is 9.92 Å². The quantitative estimate of drug-likeness (QED) is 0.882. The minimum atomic E-state index is -3.62. The standard InChI is InChI=1S/C12H18ClN3O3S/c1-15-4-3-9(7-15)8-16(2)20(18,19)10-5-11(13)12(17)14-6-10/h5-6,9H,3-4,7-8H2,1-2H3,(H,14,17). The molecular weight excluding hydrogens is 302 g/mol. The van der Waals surface area contributed by atoms with Gasteiger partial charge in [0.05, 0.1) is 4.90 Å². The molecule has 1 aromatic rings. The predicted octanol–water partition coefficient (Wildman–Crippen LogP) is 0.600. The molecule has 0 spiro atoms. The molecule has 2 heterocycles. The summed E-state index contributed by atoms with van der Waals surface area (Å²) in [6, 6.07) is 1.19. The van der Waals surface area contributed by atoms with Crippen LogP contribution >= 0.6 is 11.6 Å². The van der Waals surface area contributed by atoms with Crippen LogP contribution in [0.15, 0.2) is 22.0 Å². The van der Waals surface area contributed by atoms with Crippen molar-refractivity contribution in [2.45, 2.75) is 11.3 Å². The normalized spacial score (nSPS) is 20.7. The van der Waals surface area contributed by atoms with Crippen molar-refractivity contribution in [3.05, 3.63) is 27.6 Å². The number of hydrogen-bond donors (Lipinski definition) is 1. The summed E-state index contributed by atoms with van der Waals surface area (Å²) in [5.41, 5.74) is -0.495. The second kappa shape index (κ2) is 5.85. The predicted molar refractivity (Wildman–Crippen MR) is 77.5 cm³/mol. The van der Waals surface area contributed by atoms with E-state index in [2.05, 4.69) is 9.88 Å². The van der Waals surface area contributed by atoms with Gasteiger partial charge in [-0.05, 0) is 32.0 Å². The molecular formula is C12H18ClN3O3S. The highest BCUT2D eigenvalue weighted by Crippen LogP contribution is 2.20. The first-order chi connectivity index (χ1) is 9.30. The number of aromatic amines is 1. The van der Waals surface area contributed by atoms with Gasteiger partial charge in [0.1, 0.15) is 5.02 Å². The van der Waals surface area contributed by atoms with Crippen molar-refractivity contribution in [1.29, 1.82) is 0 Å². The zero-order chi connectivity index (χ0) is 14.9. The van der Waals surface area contributed by atoms with E-state index in [9.17, 15) is 13.2 Å². The lowest BCUT2D eigenvalue weighted by molar-refractivity contribution is 0.356. The number of pyridine rings is 1. The fraction of sp³-hybridized carbons (Fsp3) is 0.583. The second-order valence-electron chi connectivity index (χ2n) is 5.21. The SMILES string of the molecule is CN1CCC(CN(C)S(=O)(=O)c2c[nH]c(=O)c(Cl)c2)C1. The van der Waals surface area contributed by atoms with Crippen LogP contribution in [0.5, 0.6) is 0 Å². The number of halogens is 1. The molecule has 1 fully saturated rings. The highest BCUT2D eigenvalue weighted by Gasteiger charge is 2.27. The monoisotopic (exact) mass is 319 g/mol. The molecule has 1 atom stereocenters. The Labute approximate surface area is 123 Å². The summed E-state index contributed by atoms with van der Waals surface area (Å²) in [5.74, 6) is 0.331. The first kappa shape index (κ1) is 15.5. The molecule has 0 amide bonds. The molecule has 8 heteroatoms. The Bertz CT molecular complexity index is 644. The van der Waals surface area contributed by atoms with E-state index in [0.29, 0.717) is 12.5 Å². The second-order valence-corrected chi connectivity index (χ2v) is 7.67. The number of nitrogens with zero attached hydrogens (tertiary/aromatic N) is 2. The van der Waals surface area contributed by atoms with Crippen molar-refractivity contribution in [2.24, 2.45) is 5.92 Å². The number of aromatic nitrogens is 1. The molecule has 2 rings (SSSR count). The molecule has 1 aliphatic rings. The summed E-state index contributed by atoms with van der Waals surface area (Å²) >= 11 is 5.68. The summed E-state index contributed by atoms with van der Waals surface area (Å²) in [4.78, 5) is 15.7. The van der Waals surface area contributed by atoms with Crippen molar-refractivity contribution in [3.63, 3.8) is 0 Å². The molecule has 0 aliphatic carbocycles. The van der Waals surface area contributed by atoms with Gasteiger partial charge in [0.2, 0.25) is 10.0 Å². The van der Waals surface area contributed by atoms with Gasteiger partial charge in [0, 0.05) is 26.3 Å². The Morgan fingerprint density at radius 3 is 2.80 bits per heavy atom. The average molecular weight is 320 g/mol. The van der Waals surface area contributed by atoms with Gasteiger partial charge >= 0.3 is 0 Å². The Hall–Kier alpha value is -0.890. The highest BCUT2D eigenvalue weighted by atomic mass is 35.5. The van der Waals surface area contributed by atoms with Crippen LogP contribution in [-0.2, 0) is 10.0 Å². The number of rotatable bonds is 4. The molecule has 1 unspecified atom stereocenters. The van der Waals surface area contributed by atoms with Gasteiger partial charge in [-0.2, -0.15) is 0 Å². The topological polar surface area (TPSA) is 73.5 Å². The van der Waals surface area contributed by atoms with Crippen molar-refractivity contribution in [1.82, 2.24) is 14.2 Å². The van der Waals surface area contributed by atoms with E-state index < -0.39 is 15.6 Å². The average Bonchev–Trinajstić information content (AvgIpc) is 2.78. The van der Waals surface area contributed by atoms with Crippen LogP contribution in [0.2, 0.25) is 5.02 Å². The van der Waals surface area contributed by atoms with Gasteiger partial charge < -0.3 is 9.88 Å². The van der Waals surface area contributed by atoms with Gasteiger partial charge in [0.15, 0.2) is 0 Å². The lowest BCUT2D eigenvalue weighted by Crippen LogP contribution is -2.33. The minimum Gasteiger partial charge on any atom is -0.326 e. The third-order valence-electron chi connectivity index (χ3n) is 3.54. The smallest absolute Gasteiger partial charge is 0.266 e. The van der Waals surface area contributed by atoms with Crippen molar-refractivity contribution in [2.75, 3.05) is 33.7 Å². The van der Waals surface area contributed by atoms with Gasteiger partial charge in [-0.25, -0.2) is 12.7 Å². The summed E-state index contributed by atoms with van der Waals surface area (Å²) in [6.07, 6.45) is 2.17. The van der Waals surface area contributed by atoms with Crippen LogP contribution in [0.25, 0.3) is 0 Å². The van der Waals surface area contributed by atoms with Gasteiger partial charge in [-0.3, -0.25) is 4.79 Å². The van der Waals surface area contributed by atoms with E-state index in [1.807, 2.05) is 7.05 Å². The lowest BCUT2D eigenvalue weighted by Gasteiger charge is -2.20. The number of H-pyrrole nitrogens is 1. The highest BCUT2D eigenvalue weighted by molar-refractivity contribution is 7.89. The Kier molecular flexibility index (Phi) is 4.53. The molecule has 20 heavy (non-hydrogen) atoms. The zero-order valence-electron chi connectivity index (χ0n) is 11.5. The number of sulfonamides is 1. The largest absolute Gasteiger partial charge is 0.326 e. The van der Waals surface area contributed by atoms with E-state index >= 15 is 0 Å². The number of likely N-dealkylation sites (tertiary alicyclic amines) is 1. The van der Waals surface area contributed by atoms with Crippen LogP contribution in [0.4, 0.5) is 0 Å². The third-order valence-corrected chi connectivity index (χ3v) is 5.63. The summed E-state index contributed by atoms with van der Waals surface area (Å²) in [6.45, 7) is 2.35. The first-order valence-corrected chi connectivity index (χ1v) is 8.15. The molecule has 6 nitrogen and oxygen atoms in total. The van der Waals surface area contributed by atoms with E-state index in [1.165, 1.54) is 16.6 Å². The van der Waals surface area contributed by atoms with Crippen LogP contribution in [0, 0.1) is 5.92 Å². The molecule has 1 aliphatic heterocycles. The molecule has 112 valence electrons. The van der Waals surface area contributed by atoms with Crippen LogP contribution in [0.3, 0.4) is 0 Å². The molecule has 1 N–H and O–H groups in total. The van der Waals surface area contributed by atoms with Gasteiger partial charge in [0.25, 0.3) is 5.56 Å². The van der Waals surface area contributed by atoms with E-state index in [4.69, 9.17) is 11.6 Å². The number of hydrogen-bond acceptors (Lipinski definition) is 4. The summed E-state index contributed by atoms with van der Waals surface area (Å²) in [5, 5.41) is -0.125. The maximum atomic E-state index is 12.4.